The monoisotopic (exact) mass is 318 g/mol. The molecular formula is C14H17F3N2OS. The zero-order valence-electron chi connectivity index (χ0n) is 11.5. The van der Waals surface area contributed by atoms with Crippen LogP contribution in [0.3, 0.4) is 0 Å². The maximum Gasteiger partial charge on any atom is 0.401 e. The predicted molar refractivity (Wildman–Crippen MR) is 76.1 cm³/mol. The molecule has 0 atom stereocenters. The van der Waals surface area contributed by atoms with E-state index in [1.54, 1.807) is 11.3 Å². The molecule has 1 fully saturated rings. The lowest BCUT2D eigenvalue weighted by atomic mass is 10.3. The summed E-state index contributed by atoms with van der Waals surface area (Å²) in [6.45, 7) is 1.95. The number of piperazine rings is 1. The summed E-state index contributed by atoms with van der Waals surface area (Å²) in [5.41, 5.74) is 0. The maximum absolute atomic E-state index is 12.3. The average molecular weight is 318 g/mol. The van der Waals surface area contributed by atoms with Crippen LogP contribution in [0.4, 0.5) is 13.2 Å². The number of alkyl halides is 3. The van der Waals surface area contributed by atoms with E-state index in [1.807, 2.05) is 12.1 Å². The topological polar surface area (TPSA) is 26.7 Å². The van der Waals surface area contributed by atoms with Crippen LogP contribution >= 0.6 is 11.3 Å². The van der Waals surface area contributed by atoms with Gasteiger partial charge in [-0.1, -0.05) is 11.8 Å². The van der Waals surface area contributed by atoms with Gasteiger partial charge in [-0.2, -0.15) is 13.2 Å². The molecule has 0 saturated carbocycles. The standard InChI is InChI=1S/C14H17F3N2OS/c15-14(16,17)11-19-7-5-18(6-8-19)10-13-4-3-12(21-13)2-1-9-20/h3-4,20H,5-11H2. The van der Waals surface area contributed by atoms with E-state index in [0.29, 0.717) is 26.2 Å². The molecule has 0 unspecified atom stereocenters. The number of hydrogen-bond donors (Lipinski definition) is 1. The predicted octanol–water partition coefficient (Wildman–Crippen LogP) is 1.77. The number of rotatable bonds is 3. The second kappa shape index (κ2) is 7.27. The van der Waals surface area contributed by atoms with Crippen LogP contribution in [-0.4, -0.2) is 60.4 Å². The lowest BCUT2D eigenvalue weighted by Crippen LogP contribution is -2.48. The second-order valence-electron chi connectivity index (χ2n) is 4.89. The summed E-state index contributed by atoms with van der Waals surface area (Å²) < 4.78 is 36.9. The van der Waals surface area contributed by atoms with Crippen molar-refractivity contribution in [2.75, 3.05) is 39.3 Å². The first-order chi connectivity index (χ1) is 9.96. The van der Waals surface area contributed by atoms with E-state index in [0.717, 1.165) is 16.3 Å². The Bertz CT molecular complexity index is 510. The van der Waals surface area contributed by atoms with Gasteiger partial charge in [0.05, 0.1) is 11.4 Å². The Balaban J connectivity index is 1.79. The molecule has 0 aromatic carbocycles. The molecule has 2 rings (SSSR count). The third-order valence-electron chi connectivity index (χ3n) is 3.20. The Morgan fingerprint density at radius 3 is 2.43 bits per heavy atom. The lowest BCUT2D eigenvalue weighted by molar-refractivity contribution is -0.149. The van der Waals surface area contributed by atoms with Crippen molar-refractivity contribution in [2.45, 2.75) is 12.7 Å². The molecule has 7 heteroatoms. The van der Waals surface area contributed by atoms with Crippen LogP contribution in [0.5, 0.6) is 0 Å². The minimum Gasteiger partial charge on any atom is -0.384 e. The van der Waals surface area contributed by atoms with Crippen LogP contribution in [-0.2, 0) is 6.54 Å². The van der Waals surface area contributed by atoms with Crippen molar-refractivity contribution in [3.63, 3.8) is 0 Å². The van der Waals surface area contributed by atoms with Gasteiger partial charge in [0.15, 0.2) is 0 Å². The normalized spacial score (nSPS) is 17.5. The fourth-order valence-electron chi connectivity index (χ4n) is 2.24. The van der Waals surface area contributed by atoms with E-state index in [9.17, 15) is 13.2 Å². The van der Waals surface area contributed by atoms with Crippen molar-refractivity contribution in [1.82, 2.24) is 9.80 Å². The van der Waals surface area contributed by atoms with E-state index in [2.05, 4.69) is 16.7 Å². The highest BCUT2D eigenvalue weighted by Gasteiger charge is 2.32. The number of aliphatic hydroxyl groups is 1. The highest BCUT2D eigenvalue weighted by molar-refractivity contribution is 7.12. The van der Waals surface area contributed by atoms with E-state index in [4.69, 9.17) is 5.11 Å². The molecule has 1 N–H and O–H groups in total. The number of thiophene rings is 1. The highest BCUT2D eigenvalue weighted by atomic mass is 32.1. The fraction of sp³-hybridized carbons (Fsp3) is 0.571. The van der Waals surface area contributed by atoms with Gasteiger partial charge < -0.3 is 5.11 Å². The molecule has 0 aliphatic carbocycles. The van der Waals surface area contributed by atoms with E-state index >= 15 is 0 Å². The van der Waals surface area contributed by atoms with Gasteiger partial charge in [0.25, 0.3) is 0 Å². The second-order valence-corrected chi connectivity index (χ2v) is 6.06. The molecule has 0 amide bonds. The summed E-state index contributed by atoms with van der Waals surface area (Å²) in [5.74, 6) is 5.45. The van der Waals surface area contributed by atoms with Crippen molar-refractivity contribution in [3.05, 3.63) is 21.9 Å². The Labute approximate surface area is 126 Å². The van der Waals surface area contributed by atoms with Crippen molar-refractivity contribution in [1.29, 1.82) is 0 Å². The molecule has 0 spiro atoms. The van der Waals surface area contributed by atoms with Gasteiger partial charge in [0.1, 0.15) is 6.61 Å². The number of halogens is 3. The van der Waals surface area contributed by atoms with Gasteiger partial charge in [-0.05, 0) is 12.1 Å². The van der Waals surface area contributed by atoms with Crippen molar-refractivity contribution in [2.24, 2.45) is 0 Å². The first-order valence-corrected chi connectivity index (χ1v) is 7.48. The quantitative estimate of drug-likeness (QED) is 0.861. The minimum absolute atomic E-state index is 0.158. The van der Waals surface area contributed by atoms with Crippen LogP contribution in [0.25, 0.3) is 0 Å². The van der Waals surface area contributed by atoms with Crippen LogP contribution in [0.1, 0.15) is 9.75 Å². The van der Waals surface area contributed by atoms with Crippen molar-refractivity contribution < 1.29 is 18.3 Å². The smallest absolute Gasteiger partial charge is 0.384 e. The van der Waals surface area contributed by atoms with Crippen LogP contribution in [0, 0.1) is 11.8 Å². The van der Waals surface area contributed by atoms with Crippen LogP contribution < -0.4 is 0 Å². The zero-order chi connectivity index (χ0) is 15.3. The summed E-state index contributed by atoms with van der Waals surface area (Å²) in [6.07, 6.45) is -4.11. The van der Waals surface area contributed by atoms with Gasteiger partial charge in [-0.3, -0.25) is 9.80 Å². The molecule has 2 heterocycles. The maximum atomic E-state index is 12.3. The Morgan fingerprint density at radius 2 is 1.81 bits per heavy atom. The molecule has 1 aromatic heterocycles. The first kappa shape index (κ1) is 16.3. The third-order valence-corrected chi connectivity index (χ3v) is 4.18. The largest absolute Gasteiger partial charge is 0.401 e. The number of hydrogen-bond acceptors (Lipinski definition) is 4. The van der Waals surface area contributed by atoms with Gasteiger partial charge in [-0.25, -0.2) is 0 Å². The molecule has 1 aliphatic heterocycles. The van der Waals surface area contributed by atoms with Crippen molar-refractivity contribution in [3.8, 4) is 11.8 Å². The van der Waals surface area contributed by atoms with Gasteiger partial charge >= 0.3 is 6.18 Å². The molecular weight excluding hydrogens is 301 g/mol. The third kappa shape index (κ3) is 5.67. The molecule has 0 radical (unpaired) electrons. The minimum atomic E-state index is -4.11. The Kier molecular flexibility index (Phi) is 5.65. The zero-order valence-corrected chi connectivity index (χ0v) is 12.3. The molecule has 3 nitrogen and oxygen atoms in total. The van der Waals surface area contributed by atoms with E-state index in [-0.39, 0.29) is 6.61 Å². The lowest BCUT2D eigenvalue weighted by Gasteiger charge is -2.34. The summed E-state index contributed by atoms with van der Waals surface area (Å²) >= 11 is 1.56. The Hall–Kier alpha value is -1.07. The van der Waals surface area contributed by atoms with Crippen LogP contribution in [0.2, 0.25) is 0 Å². The van der Waals surface area contributed by atoms with Crippen molar-refractivity contribution >= 4 is 11.3 Å². The average Bonchev–Trinajstić information content (AvgIpc) is 2.85. The van der Waals surface area contributed by atoms with E-state index < -0.39 is 12.7 Å². The number of nitrogens with zero attached hydrogens (tertiary/aromatic N) is 2. The van der Waals surface area contributed by atoms with Gasteiger partial charge in [0.2, 0.25) is 0 Å². The molecule has 0 bridgehead atoms. The summed E-state index contributed by atoms with van der Waals surface area (Å²) in [6, 6.07) is 3.89. The summed E-state index contributed by atoms with van der Waals surface area (Å²) in [5, 5.41) is 8.64. The Morgan fingerprint density at radius 1 is 1.14 bits per heavy atom. The fourth-order valence-corrected chi connectivity index (χ4v) is 3.16. The molecule has 1 saturated heterocycles. The molecule has 1 aliphatic rings. The summed E-state index contributed by atoms with van der Waals surface area (Å²) in [7, 11) is 0. The summed E-state index contributed by atoms with van der Waals surface area (Å²) in [4.78, 5) is 5.64. The van der Waals surface area contributed by atoms with Gasteiger partial charge in [-0.15, -0.1) is 11.3 Å². The van der Waals surface area contributed by atoms with Crippen LogP contribution in [0.15, 0.2) is 12.1 Å². The molecule has 116 valence electrons. The molecule has 1 aromatic rings. The van der Waals surface area contributed by atoms with Gasteiger partial charge in [0, 0.05) is 37.6 Å². The number of aliphatic hydroxyl groups excluding tert-OH is 1. The highest BCUT2D eigenvalue weighted by Crippen LogP contribution is 2.20. The SMILES string of the molecule is OCC#Cc1ccc(CN2CCN(CC(F)(F)F)CC2)s1. The van der Waals surface area contributed by atoms with E-state index in [1.165, 1.54) is 4.90 Å². The molecule has 21 heavy (non-hydrogen) atoms. The first-order valence-electron chi connectivity index (χ1n) is 6.66.